The molecule has 0 aliphatic heterocycles. The topological polar surface area (TPSA) is 0 Å². The van der Waals surface area contributed by atoms with E-state index in [1.165, 1.54) is 25.7 Å². The zero-order chi connectivity index (χ0) is 13.9. The van der Waals surface area contributed by atoms with Gasteiger partial charge in [0.25, 0.3) is 0 Å². The quantitative estimate of drug-likeness (QED) is 0.307. The molecule has 0 aromatic carbocycles. The fraction of sp³-hybridized carbons (Fsp3) is 0.556. The molecule has 21 heavy (non-hydrogen) atoms. The molecule has 0 rings (SSSR count). The second-order valence-electron chi connectivity index (χ2n) is 4.00. The Balaban J connectivity index is -0.0000000711. The van der Waals surface area contributed by atoms with Gasteiger partial charge in [0.05, 0.1) is 0 Å². The van der Waals surface area contributed by atoms with Gasteiger partial charge in [-0.15, -0.1) is 12.8 Å². The smallest absolute Gasteiger partial charge is 1.00 e. The van der Waals surface area contributed by atoms with Crippen LogP contribution in [-0.2, 0) is 26.2 Å². The van der Waals surface area contributed by atoms with Gasteiger partial charge in [0.15, 0.2) is 0 Å². The molecule has 0 fully saturated rings. The van der Waals surface area contributed by atoms with Gasteiger partial charge >= 0.3 is 26.2 Å². The molecule has 0 unspecified atom stereocenters. The number of unbranched alkanes of at least 4 members (excludes halogenated alkanes) is 4. The Morgan fingerprint density at radius 1 is 0.714 bits per heavy atom. The Bertz CT molecular complexity index is 218. The maximum Gasteiger partial charge on any atom is 4.00 e. The molecule has 0 nitrogen and oxygen atoms in total. The minimum Gasteiger partial charge on any atom is -1.00 e. The van der Waals surface area contributed by atoms with Crippen LogP contribution in [0.5, 0.6) is 0 Å². The molecule has 3 heteroatoms. The molecule has 0 bridgehead atoms. The largest absolute Gasteiger partial charge is 4.00 e. The molecular formula is C18H30Cl2Zr. The molecule has 0 amide bonds. The molecule has 0 aromatic heterocycles. The minimum absolute atomic E-state index is 0. The van der Waals surface area contributed by atoms with E-state index in [0.717, 1.165) is 12.8 Å². The average Bonchev–Trinajstić information content (AvgIpc) is 2.39. The first-order chi connectivity index (χ1) is 8.83. The van der Waals surface area contributed by atoms with Crippen LogP contribution in [0.15, 0.2) is 36.5 Å². The van der Waals surface area contributed by atoms with Crippen molar-refractivity contribution in [3.05, 3.63) is 48.6 Å². The maximum absolute atomic E-state index is 3.18. The van der Waals surface area contributed by atoms with E-state index in [2.05, 4.69) is 26.0 Å². The molecular weight excluding hydrogens is 378 g/mol. The van der Waals surface area contributed by atoms with Crippen molar-refractivity contribution in [2.75, 3.05) is 0 Å². The first kappa shape index (κ1) is 33.1. The summed E-state index contributed by atoms with van der Waals surface area (Å²) in [5, 5.41) is 0. The summed E-state index contributed by atoms with van der Waals surface area (Å²) in [4.78, 5) is 0. The van der Waals surface area contributed by atoms with Gasteiger partial charge < -0.3 is 24.8 Å². The van der Waals surface area contributed by atoms with Crippen molar-refractivity contribution in [2.45, 2.75) is 66.2 Å². The van der Waals surface area contributed by atoms with Crippen molar-refractivity contribution in [1.29, 1.82) is 0 Å². The molecule has 0 atom stereocenters. The number of allylic oxidation sites excluding steroid dienone is 8. The zero-order valence-electron chi connectivity index (χ0n) is 14.0. The molecule has 0 aliphatic rings. The Morgan fingerprint density at radius 3 is 1.29 bits per heavy atom. The Labute approximate surface area is 165 Å². The van der Waals surface area contributed by atoms with Gasteiger partial charge in [-0.05, 0) is 0 Å². The van der Waals surface area contributed by atoms with Crippen molar-refractivity contribution in [1.82, 2.24) is 0 Å². The minimum atomic E-state index is 0. The van der Waals surface area contributed by atoms with E-state index in [1.54, 1.807) is 0 Å². The summed E-state index contributed by atoms with van der Waals surface area (Å²) in [6, 6.07) is 0. The van der Waals surface area contributed by atoms with E-state index in [4.69, 9.17) is 0 Å². The van der Waals surface area contributed by atoms with Crippen LogP contribution in [0, 0.1) is 12.2 Å². The normalized spacial score (nSPS) is 10.1. The summed E-state index contributed by atoms with van der Waals surface area (Å²) < 4.78 is 0. The van der Waals surface area contributed by atoms with Crippen LogP contribution in [0.25, 0.3) is 0 Å². The molecule has 0 saturated heterocycles. The second-order valence-corrected chi connectivity index (χ2v) is 4.00. The summed E-state index contributed by atoms with van der Waals surface area (Å²) in [6.07, 6.45) is 25.6. The molecule has 0 spiro atoms. The Hall–Kier alpha value is 0.423. The van der Waals surface area contributed by atoms with Gasteiger partial charge in [-0.1, -0.05) is 53.4 Å². The molecule has 0 heterocycles. The van der Waals surface area contributed by atoms with Crippen LogP contribution in [0.1, 0.15) is 66.2 Å². The Morgan fingerprint density at radius 2 is 1.05 bits per heavy atom. The number of hydrogen-bond donors (Lipinski definition) is 0. The monoisotopic (exact) mass is 406 g/mol. The third-order valence-electron chi connectivity index (χ3n) is 2.16. The summed E-state index contributed by atoms with van der Waals surface area (Å²) >= 11 is 0. The summed E-state index contributed by atoms with van der Waals surface area (Å²) in [5.74, 6) is 0. The zero-order valence-corrected chi connectivity index (χ0v) is 17.9. The van der Waals surface area contributed by atoms with Gasteiger partial charge in [0, 0.05) is 0 Å². The number of rotatable bonds is 8. The second kappa shape index (κ2) is 37.0. The van der Waals surface area contributed by atoms with Crippen molar-refractivity contribution < 1.29 is 51.0 Å². The fourth-order valence-electron chi connectivity index (χ4n) is 1.05. The van der Waals surface area contributed by atoms with Crippen LogP contribution in [0.2, 0.25) is 0 Å². The van der Waals surface area contributed by atoms with Gasteiger partial charge in [0.1, 0.15) is 0 Å². The first-order valence-electron chi connectivity index (χ1n) is 7.19. The van der Waals surface area contributed by atoms with E-state index in [1.807, 2.05) is 50.3 Å². The molecule has 120 valence electrons. The number of hydrogen-bond acceptors (Lipinski definition) is 0. The third kappa shape index (κ3) is 44.9. The third-order valence-corrected chi connectivity index (χ3v) is 2.16. The molecule has 0 aliphatic carbocycles. The summed E-state index contributed by atoms with van der Waals surface area (Å²) in [5.41, 5.74) is 0. The predicted molar refractivity (Wildman–Crippen MR) is 84.3 cm³/mol. The van der Waals surface area contributed by atoms with E-state index in [0.29, 0.717) is 0 Å². The van der Waals surface area contributed by atoms with Gasteiger partial charge in [-0.2, -0.15) is 12.2 Å². The Kier molecular flexibility index (Phi) is 58.4. The van der Waals surface area contributed by atoms with Gasteiger partial charge in [0.2, 0.25) is 0 Å². The van der Waals surface area contributed by atoms with Crippen molar-refractivity contribution in [2.24, 2.45) is 0 Å². The van der Waals surface area contributed by atoms with Crippen LogP contribution < -0.4 is 24.8 Å². The van der Waals surface area contributed by atoms with Crippen LogP contribution in [0.3, 0.4) is 0 Å². The van der Waals surface area contributed by atoms with E-state index in [9.17, 15) is 0 Å². The summed E-state index contributed by atoms with van der Waals surface area (Å²) in [7, 11) is 0. The van der Waals surface area contributed by atoms with Gasteiger partial charge in [-0.25, -0.2) is 24.3 Å². The van der Waals surface area contributed by atoms with E-state index in [-0.39, 0.29) is 51.0 Å². The number of halogens is 2. The van der Waals surface area contributed by atoms with Crippen molar-refractivity contribution in [3.8, 4) is 0 Å². The molecule has 0 N–H and O–H groups in total. The maximum atomic E-state index is 3.18. The molecule has 0 radical (unpaired) electrons. The summed E-state index contributed by atoms with van der Waals surface area (Å²) in [6.45, 7) is 8.41. The standard InChI is InChI=1S/2C9H15.2ClH.Zr/c2*1-3-5-7-9-8-6-4-2;;;/h2*3,5,7H,4,6,8H2,1-2H3;2*1H;/q2*-1;;;+4/p-2/b2*5-3+;;;. The molecule has 0 aromatic rings. The van der Waals surface area contributed by atoms with E-state index < -0.39 is 0 Å². The predicted octanol–water partition coefficient (Wildman–Crippen LogP) is 0.230. The SMILES string of the molecule is C/C=C/C=[C-]CCCC.C/C=C/C=[C-]CCCC.[Cl-].[Cl-].[Zr+4]. The van der Waals surface area contributed by atoms with E-state index >= 15 is 0 Å². The first-order valence-corrected chi connectivity index (χ1v) is 7.19. The van der Waals surface area contributed by atoms with Crippen LogP contribution in [-0.4, -0.2) is 0 Å². The van der Waals surface area contributed by atoms with Crippen LogP contribution in [0.4, 0.5) is 0 Å². The van der Waals surface area contributed by atoms with Crippen molar-refractivity contribution >= 4 is 0 Å². The van der Waals surface area contributed by atoms with Crippen LogP contribution >= 0.6 is 0 Å². The fourth-order valence-corrected chi connectivity index (χ4v) is 1.05. The van der Waals surface area contributed by atoms with Gasteiger partial charge in [-0.3, -0.25) is 12.2 Å². The van der Waals surface area contributed by atoms with Crippen molar-refractivity contribution in [3.63, 3.8) is 0 Å². The average molecular weight is 409 g/mol. The molecule has 0 saturated carbocycles.